The fourth-order valence-electron chi connectivity index (χ4n) is 2.57. The molecule has 1 aliphatic rings. The first-order valence-electron chi connectivity index (χ1n) is 5.90. The van der Waals surface area contributed by atoms with Gasteiger partial charge in [0.15, 0.2) is 0 Å². The van der Waals surface area contributed by atoms with Crippen LogP contribution in [-0.2, 0) is 4.79 Å². The van der Waals surface area contributed by atoms with Crippen LogP contribution in [0.25, 0.3) is 0 Å². The van der Waals surface area contributed by atoms with Crippen molar-refractivity contribution in [2.24, 2.45) is 5.92 Å². The molecule has 0 aromatic rings. The maximum absolute atomic E-state index is 11.2. The second-order valence-electron chi connectivity index (χ2n) is 5.93. The number of carboxylic acid groups (broad SMARTS) is 1. The number of hydrogen-bond acceptors (Lipinski definition) is 3. The highest BCUT2D eigenvalue weighted by molar-refractivity contribution is 5.70. The van der Waals surface area contributed by atoms with Crippen molar-refractivity contribution >= 4 is 5.97 Å². The number of hydrogen-bond donors (Lipinski definition) is 1. The molecule has 1 rings (SSSR count). The normalized spacial score (nSPS) is 30.1. The summed E-state index contributed by atoms with van der Waals surface area (Å²) in [7, 11) is 2.00. The quantitative estimate of drug-likeness (QED) is 0.730. The summed E-state index contributed by atoms with van der Waals surface area (Å²) in [6, 6.07) is 0.398. The molecule has 0 aromatic carbocycles. The first-order chi connectivity index (χ1) is 7.21. The van der Waals surface area contributed by atoms with Gasteiger partial charge >= 0.3 is 5.97 Å². The molecule has 0 aliphatic carbocycles. The van der Waals surface area contributed by atoms with Crippen LogP contribution in [0, 0.1) is 5.92 Å². The number of likely N-dealkylation sites (N-methyl/N-ethyl adjacent to an activating group) is 1. The minimum Gasteiger partial charge on any atom is -0.481 e. The summed E-state index contributed by atoms with van der Waals surface area (Å²) in [6.07, 6.45) is 0. The molecule has 4 nitrogen and oxygen atoms in total. The number of carbonyl (C=O) groups is 1. The number of nitrogens with zero attached hydrogens (tertiary/aromatic N) is 2. The van der Waals surface area contributed by atoms with Crippen molar-refractivity contribution in [1.29, 1.82) is 0 Å². The van der Waals surface area contributed by atoms with Gasteiger partial charge in [-0.25, -0.2) is 0 Å². The zero-order valence-electron chi connectivity index (χ0n) is 11.0. The van der Waals surface area contributed by atoms with Crippen LogP contribution in [0.4, 0.5) is 0 Å². The molecule has 0 aromatic heterocycles. The van der Waals surface area contributed by atoms with Crippen LogP contribution < -0.4 is 0 Å². The van der Waals surface area contributed by atoms with E-state index in [1.54, 1.807) is 0 Å². The molecule has 0 bridgehead atoms. The third-order valence-electron chi connectivity index (χ3n) is 3.27. The van der Waals surface area contributed by atoms with Crippen LogP contribution in [0.15, 0.2) is 0 Å². The summed E-state index contributed by atoms with van der Waals surface area (Å²) in [5.74, 6) is -0.968. The summed E-state index contributed by atoms with van der Waals surface area (Å²) >= 11 is 0. The molecule has 4 heteroatoms. The van der Waals surface area contributed by atoms with Gasteiger partial charge in [-0.1, -0.05) is 0 Å². The molecule has 2 unspecified atom stereocenters. The Morgan fingerprint density at radius 1 is 1.25 bits per heavy atom. The van der Waals surface area contributed by atoms with Gasteiger partial charge in [-0.3, -0.25) is 9.69 Å². The van der Waals surface area contributed by atoms with Crippen LogP contribution >= 0.6 is 0 Å². The second kappa shape index (κ2) is 4.72. The number of rotatable bonds is 1. The highest BCUT2D eigenvalue weighted by Crippen LogP contribution is 2.22. The fraction of sp³-hybridized carbons (Fsp3) is 0.917. The standard InChI is InChI=1S/C12H24N2O2/c1-9-6-13(5)7-10(11(15)16)8-14(9)12(2,3)4/h9-10H,6-8H2,1-5H3,(H,15,16). The lowest BCUT2D eigenvalue weighted by molar-refractivity contribution is -0.142. The van der Waals surface area contributed by atoms with Gasteiger partial charge in [0.1, 0.15) is 0 Å². The molecule has 0 spiro atoms. The Morgan fingerprint density at radius 3 is 2.25 bits per heavy atom. The summed E-state index contributed by atoms with van der Waals surface area (Å²) in [6.45, 7) is 10.8. The molecule has 1 N–H and O–H groups in total. The average Bonchev–Trinajstić information content (AvgIpc) is 2.22. The van der Waals surface area contributed by atoms with Crippen LogP contribution in [-0.4, -0.2) is 59.1 Å². The lowest BCUT2D eigenvalue weighted by atomic mass is 10.0. The van der Waals surface area contributed by atoms with E-state index in [1.807, 2.05) is 7.05 Å². The summed E-state index contributed by atoms with van der Waals surface area (Å²) in [5, 5.41) is 9.20. The SMILES string of the molecule is CC1CN(C)CC(C(=O)O)CN1C(C)(C)C. The molecule has 1 fully saturated rings. The largest absolute Gasteiger partial charge is 0.481 e. The highest BCUT2D eigenvalue weighted by Gasteiger charge is 2.35. The monoisotopic (exact) mass is 228 g/mol. The van der Waals surface area contributed by atoms with E-state index >= 15 is 0 Å². The zero-order chi connectivity index (χ0) is 12.5. The molecule has 0 saturated carbocycles. The third kappa shape index (κ3) is 3.19. The average molecular weight is 228 g/mol. The van der Waals surface area contributed by atoms with Gasteiger partial charge in [0.05, 0.1) is 5.92 Å². The molecule has 16 heavy (non-hydrogen) atoms. The molecule has 1 saturated heterocycles. The zero-order valence-corrected chi connectivity index (χ0v) is 11.0. The van der Waals surface area contributed by atoms with E-state index in [-0.39, 0.29) is 11.5 Å². The van der Waals surface area contributed by atoms with Crippen molar-refractivity contribution in [2.75, 3.05) is 26.7 Å². The lowest BCUT2D eigenvalue weighted by Crippen LogP contribution is -2.50. The van der Waals surface area contributed by atoms with Gasteiger partial charge in [0, 0.05) is 31.2 Å². The van der Waals surface area contributed by atoms with Gasteiger partial charge < -0.3 is 10.0 Å². The van der Waals surface area contributed by atoms with E-state index in [2.05, 4.69) is 37.5 Å². The third-order valence-corrected chi connectivity index (χ3v) is 3.27. The first-order valence-corrected chi connectivity index (χ1v) is 5.90. The van der Waals surface area contributed by atoms with Gasteiger partial charge in [-0.05, 0) is 34.7 Å². The maximum atomic E-state index is 11.2. The number of carboxylic acids is 1. The molecule has 0 amide bonds. The lowest BCUT2D eigenvalue weighted by Gasteiger charge is -2.40. The molecular formula is C12H24N2O2. The Kier molecular flexibility index (Phi) is 3.97. The number of aliphatic carboxylic acids is 1. The Morgan fingerprint density at radius 2 is 1.81 bits per heavy atom. The van der Waals surface area contributed by atoms with E-state index in [0.29, 0.717) is 19.1 Å². The topological polar surface area (TPSA) is 43.8 Å². The molecular weight excluding hydrogens is 204 g/mol. The minimum absolute atomic E-state index is 0.0261. The van der Waals surface area contributed by atoms with E-state index in [0.717, 1.165) is 6.54 Å². The Bertz CT molecular complexity index is 260. The van der Waals surface area contributed by atoms with Gasteiger partial charge in [-0.15, -0.1) is 0 Å². The van der Waals surface area contributed by atoms with E-state index in [4.69, 9.17) is 0 Å². The molecule has 1 aliphatic heterocycles. The van der Waals surface area contributed by atoms with E-state index in [9.17, 15) is 9.90 Å². The highest BCUT2D eigenvalue weighted by atomic mass is 16.4. The van der Waals surface area contributed by atoms with Crippen molar-refractivity contribution < 1.29 is 9.90 Å². The summed E-state index contributed by atoms with van der Waals surface area (Å²) in [5.41, 5.74) is 0.0261. The van der Waals surface area contributed by atoms with E-state index < -0.39 is 5.97 Å². The van der Waals surface area contributed by atoms with Crippen molar-refractivity contribution in [2.45, 2.75) is 39.3 Å². The van der Waals surface area contributed by atoms with Crippen LogP contribution in [0.5, 0.6) is 0 Å². The maximum Gasteiger partial charge on any atom is 0.309 e. The Hall–Kier alpha value is -0.610. The fourth-order valence-corrected chi connectivity index (χ4v) is 2.57. The molecule has 2 atom stereocenters. The van der Waals surface area contributed by atoms with Crippen LogP contribution in [0.2, 0.25) is 0 Å². The summed E-state index contributed by atoms with van der Waals surface area (Å²) in [4.78, 5) is 15.6. The Labute approximate surface area is 98.2 Å². The molecule has 94 valence electrons. The predicted octanol–water partition coefficient (Wildman–Crippen LogP) is 1.12. The second-order valence-corrected chi connectivity index (χ2v) is 5.93. The first kappa shape index (κ1) is 13.5. The predicted molar refractivity (Wildman–Crippen MR) is 64.5 cm³/mol. The van der Waals surface area contributed by atoms with Crippen molar-refractivity contribution in [1.82, 2.24) is 9.80 Å². The van der Waals surface area contributed by atoms with Crippen LogP contribution in [0.3, 0.4) is 0 Å². The van der Waals surface area contributed by atoms with Crippen molar-refractivity contribution in [3.63, 3.8) is 0 Å². The van der Waals surface area contributed by atoms with Crippen molar-refractivity contribution in [3.8, 4) is 0 Å². The van der Waals surface area contributed by atoms with Gasteiger partial charge in [-0.2, -0.15) is 0 Å². The minimum atomic E-state index is -0.685. The van der Waals surface area contributed by atoms with Gasteiger partial charge in [0.25, 0.3) is 0 Å². The van der Waals surface area contributed by atoms with Gasteiger partial charge in [0.2, 0.25) is 0 Å². The molecule has 0 radical (unpaired) electrons. The smallest absolute Gasteiger partial charge is 0.309 e. The van der Waals surface area contributed by atoms with Crippen LogP contribution in [0.1, 0.15) is 27.7 Å². The Balaban J connectivity index is 2.87. The molecule has 1 heterocycles. The van der Waals surface area contributed by atoms with E-state index in [1.165, 1.54) is 0 Å². The summed E-state index contributed by atoms with van der Waals surface area (Å²) < 4.78 is 0. The van der Waals surface area contributed by atoms with Crippen molar-refractivity contribution in [3.05, 3.63) is 0 Å².